The van der Waals surface area contributed by atoms with E-state index in [1.165, 1.54) is 0 Å². The minimum absolute atomic E-state index is 0.0290. The van der Waals surface area contributed by atoms with Crippen molar-refractivity contribution in [2.24, 2.45) is 0 Å². The first-order valence-electron chi connectivity index (χ1n) is 10.1. The van der Waals surface area contributed by atoms with E-state index in [4.69, 9.17) is 20.9 Å². The lowest BCUT2D eigenvalue weighted by molar-refractivity contribution is -0.121. The van der Waals surface area contributed by atoms with Crippen LogP contribution >= 0.6 is 11.6 Å². The summed E-state index contributed by atoms with van der Waals surface area (Å²) in [5, 5.41) is 3.40. The minimum Gasteiger partial charge on any atom is -0.399 e. The van der Waals surface area contributed by atoms with Gasteiger partial charge >= 0.3 is 7.12 Å². The van der Waals surface area contributed by atoms with Crippen LogP contribution in [0.15, 0.2) is 30.5 Å². The van der Waals surface area contributed by atoms with E-state index in [0.717, 1.165) is 16.7 Å². The SMILES string of the molecule is CNc1ncc(N2C(=O)C(C)(C)c3cc(B4OC(C)(C)C(C)(C)O4)ccc32)cc1Cl. The van der Waals surface area contributed by atoms with E-state index >= 15 is 0 Å². The first-order valence-corrected chi connectivity index (χ1v) is 10.4. The van der Waals surface area contributed by atoms with Crippen LogP contribution in [-0.4, -0.2) is 36.3 Å². The van der Waals surface area contributed by atoms with Crippen LogP contribution in [0, 0.1) is 0 Å². The first-order chi connectivity index (χ1) is 13.9. The average molecular weight is 428 g/mol. The largest absolute Gasteiger partial charge is 0.494 e. The van der Waals surface area contributed by atoms with Gasteiger partial charge in [0.1, 0.15) is 5.82 Å². The van der Waals surface area contributed by atoms with Gasteiger partial charge in [-0.15, -0.1) is 0 Å². The molecule has 0 unspecified atom stereocenters. The molecule has 2 aromatic rings. The molecule has 0 spiro atoms. The summed E-state index contributed by atoms with van der Waals surface area (Å²) >= 11 is 6.32. The third kappa shape index (κ3) is 3.03. The second-order valence-electron chi connectivity index (χ2n) is 9.40. The lowest BCUT2D eigenvalue weighted by Gasteiger charge is -2.32. The molecular weight excluding hydrogens is 401 g/mol. The quantitative estimate of drug-likeness (QED) is 0.749. The van der Waals surface area contributed by atoms with Crippen molar-refractivity contribution >= 4 is 47.3 Å². The lowest BCUT2D eigenvalue weighted by atomic mass is 9.75. The van der Waals surface area contributed by atoms with Crippen LogP contribution in [0.2, 0.25) is 5.02 Å². The summed E-state index contributed by atoms with van der Waals surface area (Å²) in [7, 11) is 1.27. The van der Waals surface area contributed by atoms with Gasteiger partial charge < -0.3 is 14.6 Å². The van der Waals surface area contributed by atoms with Gasteiger partial charge in [0.15, 0.2) is 0 Å². The number of halogens is 1. The van der Waals surface area contributed by atoms with E-state index in [2.05, 4.69) is 10.3 Å². The molecule has 6 nitrogen and oxygen atoms in total. The number of carbonyl (C=O) groups excluding carboxylic acids is 1. The Morgan fingerprint density at radius 3 is 2.27 bits per heavy atom. The molecule has 0 aliphatic carbocycles. The zero-order valence-electron chi connectivity index (χ0n) is 18.5. The van der Waals surface area contributed by atoms with Crippen LogP contribution in [0.5, 0.6) is 0 Å². The summed E-state index contributed by atoms with van der Waals surface area (Å²) in [6.07, 6.45) is 1.66. The Kier molecular flexibility index (Phi) is 4.73. The highest BCUT2D eigenvalue weighted by Crippen LogP contribution is 2.46. The second-order valence-corrected chi connectivity index (χ2v) is 9.81. The average Bonchev–Trinajstić information content (AvgIpc) is 3.00. The highest BCUT2D eigenvalue weighted by molar-refractivity contribution is 6.62. The molecule has 1 aromatic carbocycles. The molecular formula is C22H27BClN3O3. The van der Waals surface area contributed by atoms with Crippen molar-refractivity contribution in [3.63, 3.8) is 0 Å². The van der Waals surface area contributed by atoms with Gasteiger partial charge in [-0.3, -0.25) is 9.69 Å². The van der Waals surface area contributed by atoms with Gasteiger partial charge in [0.05, 0.1) is 39.2 Å². The van der Waals surface area contributed by atoms with Crippen LogP contribution in [-0.2, 0) is 19.5 Å². The van der Waals surface area contributed by atoms with Gasteiger partial charge in [-0.05, 0) is 64.7 Å². The Hall–Kier alpha value is -2.09. The standard InChI is InChI=1S/C22H27BClN3O3/c1-20(2)15-10-13(23-29-21(3,4)22(5,6)30-23)8-9-17(15)27(19(20)28)14-11-16(24)18(25-7)26-12-14/h8-12H,1-7H3,(H,25,26). The summed E-state index contributed by atoms with van der Waals surface area (Å²) in [5.41, 5.74) is 1.73. The van der Waals surface area contributed by atoms with Gasteiger partial charge in [-0.2, -0.15) is 0 Å². The van der Waals surface area contributed by atoms with Crippen molar-refractivity contribution in [2.75, 3.05) is 17.3 Å². The van der Waals surface area contributed by atoms with E-state index in [9.17, 15) is 4.79 Å². The molecule has 3 heterocycles. The predicted octanol–water partition coefficient (Wildman–Crippen LogP) is 4.03. The first kappa shape index (κ1) is 21.2. The molecule has 1 aromatic heterocycles. The van der Waals surface area contributed by atoms with Crippen molar-refractivity contribution in [3.8, 4) is 0 Å². The molecule has 2 aliphatic heterocycles. The number of fused-ring (bicyclic) bond motifs is 1. The molecule has 0 saturated carbocycles. The molecule has 0 radical (unpaired) electrons. The highest BCUT2D eigenvalue weighted by atomic mass is 35.5. The fourth-order valence-electron chi connectivity index (χ4n) is 3.87. The second kappa shape index (κ2) is 6.71. The molecule has 30 heavy (non-hydrogen) atoms. The molecule has 0 atom stereocenters. The molecule has 0 bridgehead atoms. The molecule has 1 amide bonds. The third-order valence-electron chi connectivity index (χ3n) is 6.52. The van der Waals surface area contributed by atoms with Crippen LogP contribution in [0.1, 0.15) is 47.1 Å². The van der Waals surface area contributed by atoms with Gasteiger partial charge in [0.25, 0.3) is 0 Å². The zero-order valence-corrected chi connectivity index (χ0v) is 19.2. The van der Waals surface area contributed by atoms with Crippen molar-refractivity contribution in [2.45, 2.75) is 58.2 Å². The normalized spacial score (nSPS) is 21.1. The Bertz CT molecular complexity index is 1020. The van der Waals surface area contributed by atoms with Crippen molar-refractivity contribution in [1.29, 1.82) is 0 Å². The lowest BCUT2D eigenvalue weighted by Crippen LogP contribution is -2.41. The van der Waals surface area contributed by atoms with E-state index < -0.39 is 23.7 Å². The number of hydrogen-bond donors (Lipinski definition) is 1. The maximum Gasteiger partial charge on any atom is 0.494 e. The highest BCUT2D eigenvalue weighted by Gasteiger charge is 2.52. The van der Waals surface area contributed by atoms with E-state index in [1.807, 2.05) is 59.7 Å². The smallest absolute Gasteiger partial charge is 0.399 e. The summed E-state index contributed by atoms with van der Waals surface area (Å²) in [6, 6.07) is 7.68. The van der Waals surface area contributed by atoms with E-state index in [-0.39, 0.29) is 5.91 Å². The number of nitrogens with zero attached hydrogens (tertiary/aromatic N) is 2. The van der Waals surface area contributed by atoms with Gasteiger partial charge in [-0.1, -0.05) is 23.7 Å². The molecule has 2 aliphatic rings. The number of pyridine rings is 1. The summed E-state index contributed by atoms with van der Waals surface area (Å²) in [6.45, 7) is 12.0. The number of benzene rings is 1. The van der Waals surface area contributed by atoms with Crippen molar-refractivity contribution in [3.05, 3.63) is 41.0 Å². The summed E-state index contributed by atoms with van der Waals surface area (Å²) < 4.78 is 12.4. The van der Waals surface area contributed by atoms with Crippen molar-refractivity contribution in [1.82, 2.24) is 4.98 Å². The Morgan fingerprint density at radius 2 is 1.70 bits per heavy atom. The predicted molar refractivity (Wildman–Crippen MR) is 121 cm³/mol. The molecule has 4 rings (SSSR count). The van der Waals surface area contributed by atoms with Crippen molar-refractivity contribution < 1.29 is 14.1 Å². The molecule has 158 valence electrons. The van der Waals surface area contributed by atoms with E-state index in [1.54, 1.807) is 24.2 Å². The number of rotatable bonds is 3. The minimum atomic E-state index is -0.705. The topological polar surface area (TPSA) is 63.7 Å². The summed E-state index contributed by atoms with van der Waals surface area (Å²) in [5.74, 6) is 0.543. The molecule has 1 N–H and O–H groups in total. The number of aromatic nitrogens is 1. The van der Waals surface area contributed by atoms with Crippen LogP contribution in [0.3, 0.4) is 0 Å². The summed E-state index contributed by atoms with van der Waals surface area (Å²) in [4.78, 5) is 19.4. The van der Waals surface area contributed by atoms with Crippen LogP contribution < -0.4 is 15.7 Å². The maximum atomic E-state index is 13.4. The van der Waals surface area contributed by atoms with Crippen LogP contribution in [0.25, 0.3) is 0 Å². The fourth-order valence-corrected chi connectivity index (χ4v) is 4.12. The number of carbonyl (C=O) groups is 1. The Morgan fingerprint density at radius 1 is 1.07 bits per heavy atom. The van der Waals surface area contributed by atoms with Gasteiger partial charge in [0, 0.05) is 7.05 Å². The number of amides is 1. The molecule has 1 fully saturated rings. The number of hydrogen-bond acceptors (Lipinski definition) is 5. The fraction of sp³-hybridized carbons (Fsp3) is 0.455. The monoisotopic (exact) mass is 427 g/mol. The third-order valence-corrected chi connectivity index (χ3v) is 6.81. The van der Waals surface area contributed by atoms with Gasteiger partial charge in [0.2, 0.25) is 5.91 Å². The number of anilines is 3. The molecule has 8 heteroatoms. The van der Waals surface area contributed by atoms with Gasteiger partial charge in [-0.25, -0.2) is 4.98 Å². The molecule has 1 saturated heterocycles. The zero-order chi connectivity index (χ0) is 22.1. The maximum absolute atomic E-state index is 13.4. The Balaban J connectivity index is 1.76. The van der Waals surface area contributed by atoms with Crippen LogP contribution in [0.4, 0.5) is 17.2 Å². The Labute approximate surface area is 183 Å². The van der Waals surface area contributed by atoms with E-state index in [0.29, 0.717) is 16.5 Å². The number of nitrogens with one attached hydrogen (secondary N) is 1.